The van der Waals surface area contributed by atoms with Crippen LogP contribution in [0, 0.1) is 11.8 Å². The summed E-state index contributed by atoms with van der Waals surface area (Å²) in [4.78, 5) is 24.2. The molecular weight excluding hydrogens is 492 g/mol. The number of esters is 1. The lowest BCUT2D eigenvalue weighted by atomic mass is 9.85. The minimum atomic E-state index is -1.72. The molecule has 12 nitrogen and oxygen atoms in total. The van der Waals surface area contributed by atoms with Crippen molar-refractivity contribution >= 4 is 18.0 Å². The highest BCUT2D eigenvalue weighted by molar-refractivity contribution is 5.88. The maximum Gasteiger partial charge on any atom is 0.334 e. The molecule has 0 aromatic heterocycles. The summed E-state index contributed by atoms with van der Waals surface area (Å²) in [7, 11) is 0. The van der Waals surface area contributed by atoms with Crippen molar-refractivity contribution in [3.05, 3.63) is 59.9 Å². The van der Waals surface area contributed by atoms with E-state index in [1.165, 1.54) is 18.2 Å². The molecule has 0 amide bonds. The molecule has 12 heteroatoms. The third kappa shape index (κ3) is 5.54. The van der Waals surface area contributed by atoms with Crippen LogP contribution < -0.4 is 0 Å². The molecule has 2 fully saturated rings. The Labute approximate surface area is 211 Å². The van der Waals surface area contributed by atoms with Gasteiger partial charge in [-0.05, 0) is 35.8 Å². The Balaban J connectivity index is 1.54. The largest absolute Gasteiger partial charge is 0.508 e. The van der Waals surface area contributed by atoms with E-state index in [2.05, 4.69) is 6.58 Å². The zero-order valence-corrected chi connectivity index (χ0v) is 19.5. The Kier molecular flexibility index (Phi) is 7.97. The quantitative estimate of drug-likeness (QED) is 0.156. The van der Waals surface area contributed by atoms with Crippen LogP contribution in [-0.4, -0.2) is 92.3 Å². The van der Waals surface area contributed by atoms with E-state index >= 15 is 0 Å². The highest BCUT2D eigenvalue weighted by Crippen LogP contribution is 2.46. The van der Waals surface area contributed by atoms with Crippen molar-refractivity contribution in [3.8, 4) is 5.75 Å². The van der Waals surface area contributed by atoms with Gasteiger partial charge in [-0.15, -0.1) is 0 Å². The number of aromatic hydroxyl groups is 1. The lowest BCUT2D eigenvalue weighted by molar-refractivity contribution is -0.340. The van der Waals surface area contributed by atoms with E-state index in [1.54, 1.807) is 12.1 Å². The Morgan fingerprint density at radius 2 is 1.81 bits per heavy atom. The molecule has 3 aliphatic rings. The topological polar surface area (TPSA) is 192 Å². The van der Waals surface area contributed by atoms with E-state index in [1.807, 2.05) is 0 Å². The van der Waals surface area contributed by atoms with Crippen LogP contribution in [-0.2, 0) is 28.5 Å². The van der Waals surface area contributed by atoms with Crippen molar-refractivity contribution in [2.75, 3.05) is 6.61 Å². The first-order valence-electron chi connectivity index (χ1n) is 11.5. The lowest BCUT2D eigenvalue weighted by Crippen LogP contribution is -2.61. The molecular formula is C25H28O12. The number of carbonyl (C=O) groups is 2. The fourth-order valence-electron chi connectivity index (χ4n) is 4.69. The second kappa shape index (κ2) is 11.0. The van der Waals surface area contributed by atoms with Crippen LogP contribution in [0.15, 0.2) is 54.3 Å². The Bertz CT molecular complexity index is 1080. The van der Waals surface area contributed by atoms with Crippen molar-refractivity contribution < 1.29 is 59.2 Å². The number of carboxylic acids is 1. The van der Waals surface area contributed by atoms with E-state index in [-0.39, 0.29) is 23.3 Å². The van der Waals surface area contributed by atoms with Gasteiger partial charge in [-0.3, -0.25) is 0 Å². The summed E-state index contributed by atoms with van der Waals surface area (Å²) in [6, 6.07) is 5.96. The third-order valence-corrected chi connectivity index (χ3v) is 6.69. The number of carbonyl (C=O) groups excluding carboxylic acids is 1. The monoisotopic (exact) mass is 520 g/mol. The summed E-state index contributed by atoms with van der Waals surface area (Å²) >= 11 is 0. The molecule has 200 valence electrons. The first-order chi connectivity index (χ1) is 17.6. The van der Waals surface area contributed by atoms with E-state index in [4.69, 9.17) is 18.9 Å². The minimum absolute atomic E-state index is 0.0459. The molecule has 0 radical (unpaired) electrons. The number of aliphatic carboxylic acids is 1. The maximum atomic E-state index is 12.5. The van der Waals surface area contributed by atoms with Gasteiger partial charge in [-0.25, -0.2) is 9.59 Å². The molecule has 2 heterocycles. The fraction of sp³-hybridized carbons (Fsp3) is 0.440. The number of carboxylic acid groups (broad SMARTS) is 1. The van der Waals surface area contributed by atoms with E-state index in [9.17, 15) is 40.2 Å². The molecule has 1 saturated carbocycles. The van der Waals surface area contributed by atoms with Gasteiger partial charge in [-0.1, -0.05) is 18.7 Å². The molecule has 6 N–H and O–H groups in total. The number of phenols is 1. The molecule has 37 heavy (non-hydrogen) atoms. The Hall–Kier alpha value is -3.26. The number of phenolic OH excluding ortho intramolecular Hbond substituents is 1. The number of aliphatic hydroxyl groups is 4. The molecule has 4 rings (SSSR count). The molecule has 1 saturated heterocycles. The highest BCUT2D eigenvalue weighted by Gasteiger charge is 2.53. The van der Waals surface area contributed by atoms with Crippen molar-refractivity contribution in [1.82, 2.24) is 0 Å². The zero-order chi connectivity index (χ0) is 26.9. The summed E-state index contributed by atoms with van der Waals surface area (Å²) in [5.41, 5.74) is 0.782. The van der Waals surface area contributed by atoms with Crippen molar-refractivity contribution in [2.45, 2.75) is 49.5 Å². The maximum absolute atomic E-state index is 12.5. The summed E-state index contributed by atoms with van der Waals surface area (Å²) in [6.45, 7) is 3.14. The van der Waals surface area contributed by atoms with Crippen LogP contribution in [0.3, 0.4) is 0 Å². The lowest BCUT2D eigenvalue weighted by Gasteiger charge is -2.43. The predicted molar refractivity (Wildman–Crippen MR) is 123 cm³/mol. The molecule has 2 aliphatic heterocycles. The van der Waals surface area contributed by atoms with Crippen LogP contribution in [0.25, 0.3) is 6.08 Å². The molecule has 1 aromatic rings. The number of hydrogen-bond acceptors (Lipinski definition) is 11. The summed E-state index contributed by atoms with van der Waals surface area (Å²) in [6.07, 6.45) is -6.44. The smallest absolute Gasteiger partial charge is 0.334 e. The van der Waals surface area contributed by atoms with Crippen LogP contribution in [0.4, 0.5) is 0 Å². The molecule has 0 spiro atoms. The van der Waals surface area contributed by atoms with E-state index in [0.29, 0.717) is 5.56 Å². The van der Waals surface area contributed by atoms with Crippen LogP contribution in [0.1, 0.15) is 12.0 Å². The molecule has 0 bridgehead atoms. The first-order valence-corrected chi connectivity index (χ1v) is 11.5. The molecule has 1 aliphatic carbocycles. The number of aliphatic hydroxyl groups excluding tert-OH is 4. The second-order valence-electron chi connectivity index (χ2n) is 9.01. The van der Waals surface area contributed by atoms with Crippen molar-refractivity contribution in [1.29, 1.82) is 0 Å². The third-order valence-electron chi connectivity index (χ3n) is 6.69. The number of ether oxygens (including phenoxy) is 4. The van der Waals surface area contributed by atoms with Gasteiger partial charge in [0.25, 0.3) is 0 Å². The minimum Gasteiger partial charge on any atom is -0.508 e. The average molecular weight is 520 g/mol. The SMILES string of the molecule is C=C1[C@H]2[C@H](O[C@H]3O[C@@H](CO)[C@H](O)[C@@H](O)[C@@H]3OC(=O)/C=C/c3ccc(O)cc3)OC=C(C(=O)O)[C@H]2C[C@H]1O. The summed E-state index contributed by atoms with van der Waals surface area (Å²) < 4.78 is 22.3. The van der Waals surface area contributed by atoms with Crippen LogP contribution >= 0.6 is 0 Å². The van der Waals surface area contributed by atoms with Gasteiger partial charge in [-0.2, -0.15) is 0 Å². The van der Waals surface area contributed by atoms with Gasteiger partial charge < -0.3 is 49.6 Å². The second-order valence-corrected chi connectivity index (χ2v) is 9.01. The summed E-state index contributed by atoms with van der Waals surface area (Å²) in [5.74, 6) is -3.57. The summed E-state index contributed by atoms with van der Waals surface area (Å²) in [5, 5.41) is 59.7. The zero-order valence-electron chi connectivity index (χ0n) is 19.5. The first kappa shape index (κ1) is 26.8. The molecule has 0 unspecified atom stereocenters. The van der Waals surface area contributed by atoms with Gasteiger partial charge in [0.2, 0.25) is 12.6 Å². The van der Waals surface area contributed by atoms with Gasteiger partial charge >= 0.3 is 11.9 Å². The Morgan fingerprint density at radius 1 is 1.11 bits per heavy atom. The highest BCUT2D eigenvalue weighted by atomic mass is 16.8. The molecule has 9 atom stereocenters. The van der Waals surface area contributed by atoms with Crippen molar-refractivity contribution in [2.24, 2.45) is 11.8 Å². The average Bonchev–Trinajstić information content (AvgIpc) is 3.17. The standard InChI is InChI=1S/C25H28O12/c1-11-16(28)8-14-15(23(32)33)10-34-24(19(11)14)37-25-22(21(31)20(30)17(9-26)35-25)36-18(29)7-4-12-2-5-13(27)6-3-12/h2-7,10,14,16-17,19-22,24-28,30-31H,1,8-9H2,(H,32,33)/b7-4+/t14-,16-,17+,19-,20+,21-,22+,24+,25-/m1/s1. The van der Waals surface area contributed by atoms with Crippen LogP contribution in [0.5, 0.6) is 5.75 Å². The van der Waals surface area contributed by atoms with Crippen LogP contribution in [0.2, 0.25) is 0 Å². The number of rotatable bonds is 7. The Morgan fingerprint density at radius 3 is 2.46 bits per heavy atom. The van der Waals surface area contributed by atoms with Crippen molar-refractivity contribution in [3.63, 3.8) is 0 Å². The van der Waals surface area contributed by atoms with Gasteiger partial charge in [0.05, 0.1) is 30.5 Å². The van der Waals surface area contributed by atoms with Gasteiger partial charge in [0.15, 0.2) is 6.10 Å². The van der Waals surface area contributed by atoms with Gasteiger partial charge in [0.1, 0.15) is 24.1 Å². The van der Waals surface area contributed by atoms with E-state index in [0.717, 1.165) is 12.3 Å². The molecule has 1 aromatic carbocycles. The number of fused-ring (bicyclic) bond motifs is 1. The van der Waals surface area contributed by atoms with Gasteiger partial charge in [0, 0.05) is 12.0 Å². The number of benzene rings is 1. The fourth-order valence-corrected chi connectivity index (χ4v) is 4.69. The number of hydrogen-bond donors (Lipinski definition) is 6. The van der Waals surface area contributed by atoms with E-state index < -0.39 is 73.5 Å². The normalized spacial score (nSPS) is 35.5. The predicted octanol–water partition coefficient (Wildman–Crippen LogP) is -0.349.